The molecule has 0 radical (unpaired) electrons. The second-order valence-electron chi connectivity index (χ2n) is 4.48. The van der Waals surface area contributed by atoms with Gasteiger partial charge in [-0.3, -0.25) is 4.90 Å². The van der Waals surface area contributed by atoms with Crippen LogP contribution < -0.4 is 4.90 Å². The Hall–Kier alpha value is -0.990. The summed E-state index contributed by atoms with van der Waals surface area (Å²) in [5, 5.41) is 0. The molecule has 1 fully saturated rings. The highest BCUT2D eigenvalue weighted by Crippen LogP contribution is 2.15. The zero-order chi connectivity index (χ0) is 12.1. The van der Waals surface area contributed by atoms with Crippen molar-refractivity contribution in [1.82, 2.24) is 4.90 Å². The minimum Gasteiger partial charge on any atom is -0.369 e. The number of alkyl halides is 1. The SMILES string of the molecule is C=C(CCl)CN1CCN(c2ccccc2)CC1. The van der Waals surface area contributed by atoms with Crippen molar-refractivity contribution >= 4 is 17.3 Å². The van der Waals surface area contributed by atoms with Gasteiger partial charge in [0.2, 0.25) is 0 Å². The van der Waals surface area contributed by atoms with Gasteiger partial charge >= 0.3 is 0 Å². The van der Waals surface area contributed by atoms with Gasteiger partial charge in [0.1, 0.15) is 0 Å². The molecular formula is C14H19ClN2. The fourth-order valence-corrected chi connectivity index (χ4v) is 2.25. The molecule has 1 aromatic rings. The summed E-state index contributed by atoms with van der Waals surface area (Å²) in [6.07, 6.45) is 0. The molecule has 1 saturated heterocycles. The van der Waals surface area contributed by atoms with E-state index in [0.29, 0.717) is 5.88 Å². The smallest absolute Gasteiger partial charge is 0.0443 e. The highest BCUT2D eigenvalue weighted by Gasteiger charge is 2.16. The third-order valence-electron chi connectivity index (χ3n) is 3.13. The number of hydrogen-bond acceptors (Lipinski definition) is 2. The number of piperazine rings is 1. The third kappa shape index (κ3) is 3.48. The highest BCUT2D eigenvalue weighted by molar-refractivity contribution is 6.19. The van der Waals surface area contributed by atoms with Crippen LogP contribution in [0.3, 0.4) is 0 Å². The van der Waals surface area contributed by atoms with Gasteiger partial charge in [0.25, 0.3) is 0 Å². The Morgan fingerprint density at radius 1 is 1.12 bits per heavy atom. The van der Waals surface area contributed by atoms with E-state index in [1.54, 1.807) is 0 Å². The first-order valence-electron chi connectivity index (χ1n) is 6.04. The maximum absolute atomic E-state index is 5.76. The summed E-state index contributed by atoms with van der Waals surface area (Å²) in [4.78, 5) is 4.85. The van der Waals surface area contributed by atoms with Gasteiger partial charge in [-0.05, 0) is 17.7 Å². The summed E-state index contributed by atoms with van der Waals surface area (Å²) in [5.41, 5.74) is 2.43. The van der Waals surface area contributed by atoms with Gasteiger partial charge in [-0.2, -0.15) is 0 Å². The lowest BCUT2D eigenvalue weighted by atomic mass is 10.2. The summed E-state index contributed by atoms with van der Waals surface area (Å²) in [7, 11) is 0. The fourth-order valence-electron chi connectivity index (χ4n) is 2.16. The molecule has 0 bridgehead atoms. The summed E-state index contributed by atoms with van der Waals surface area (Å²) in [5.74, 6) is 0.568. The zero-order valence-corrected chi connectivity index (χ0v) is 10.9. The average Bonchev–Trinajstić information content (AvgIpc) is 2.40. The summed E-state index contributed by atoms with van der Waals surface area (Å²) >= 11 is 5.76. The first-order valence-corrected chi connectivity index (χ1v) is 6.58. The number of nitrogens with zero attached hydrogens (tertiary/aromatic N) is 2. The minimum atomic E-state index is 0.568. The van der Waals surface area contributed by atoms with Crippen molar-refractivity contribution in [2.45, 2.75) is 0 Å². The Morgan fingerprint density at radius 3 is 2.35 bits per heavy atom. The first kappa shape index (κ1) is 12.5. The Bertz CT molecular complexity index is 356. The summed E-state index contributed by atoms with van der Waals surface area (Å²) in [6.45, 7) is 9.24. The van der Waals surface area contributed by atoms with E-state index in [-0.39, 0.29) is 0 Å². The van der Waals surface area contributed by atoms with Crippen LogP contribution in [0.25, 0.3) is 0 Å². The maximum atomic E-state index is 5.76. The monoisotopic (exact) mass is 250 g/mol. The van der Waals surface area contributed by atoms with Crippen LogP contribution in [0.15, 0.2) is 42.5 Å². The van der Waals surface area contributed by atoms with Crippen LogP contribution in [0.4, 0.5) is 5.69 Å². The van der Waals surface area contributed by atoms with Crippen LogP contribution >= 0.6 is 11.6 Å². The van der Waals surface area contributed by atoms with Crippen molar-refractivity contribution in [3.63, 3.8) is 0 Å². The van der Waals surface area contributed by atoms with E-state index in [1.165, 1.54) is 5.69 Å². The van der Waals surface area contributed by atoms with Crippen molar-refractivity contribution in [1.29, 1.82) is 0 Å². The Kier molecular flexibility index (Phi) is 4.46. The molecule has 0 aliphatic carbocycles. The van der Waals surface area contributed by atoms with Gasteiger partial charge < -0.3 is 4.90 Å². The molecule has 2 rings (SSSR count). The molecule has 0 atom stereocenters. The van der Waals surface area contributed by atoms with Crippen LogP contribution in [0.2, 0.25) is 0 Å². The van der Waals surface area contributed by atoms with Crippen molar-refractivity contribution in [3.8, 4) is 0 Å². The lowest BCUT2D eigenvalue weighted by molar-refractivity contribution is 0.279. The molecule has 0 saturated carbocycles. The number of hydrogen-bond donors (Lipinski definition) is 0. The molecule has 1 aliphatic heterocycles. The molecule has 0 amide bonds. The molecule has 17 heavy (non-hydrogen) atoms. The van der Waals surface area contributed by atoms with E-state index in [4.69, 9.17) is 11.6 Å². The fraction of sp³-hybridized carbons (Fsp3) is 0.429. The van der Waals surface area contributed by atoms with Gasteiger partial charge in [0.05, 0.1) is 0 Å². The molecule has 1 aromatic carbocycles. The number of rotatable bonds is 4. The van der Waals surface area contributed by atoms with E-state index in [0.717, 1.165) is 38.3 Å². The maximum Gasteiger partial charge on any atom is 0.0443 e. The van der Waals surface area contributed by atoms with Crippen LogP contribution in [0, 0.1) is 0 Å². The Morgan fingerprint density at radius 2 is 1.76 bits per heavy atom. The first-order chi connectivity index (χ1) is 8.29. The van der Waals surface area contributed by atoms with Crippen molar-refractivity contribution in [2.75, 3.05) is 43.5 Å². The minimum absolute atomic E-state index is 0.568. The second-order valence-corrected chi connectivity index (χ2v) is 4.75. The molecule has 3 heteroatoms. The van der Waals surface area contributed by atoms with Crippen LogP contribution in [-0.4, -0.2) is 43.5 Å². The van der Waals surface area contributed by atoms with Gasteiger partial charge in [-0.15, -0.1) is 11.6 Å². The zero-order valence-electron chi connectivity index (χ0n) is 10.1. The van der Waals surface area contributed by atoms with Crippen molar-refractivity contribution < 1.29 is 0 Å². The van der Waals surface area contributed by atoms with Gasteiger partial charge in [0.15, 0.2) is 0 Å². The van der Waals surface area contributed by atoms with Gasteiger partial charge in [-0.1, -0.05) is 24.8 Å². The molecule has 1 aliphatic rings. The quantitative estimate of drug-likeness (QED) is 0.599. The number of benzene rings is 1. The van der Waals surface area contributed by atoms with Crippen molar-refractivity contribution in [2.24, 2.45) is 0 Å². The largest absolute Gasteiger partial charge is 0.369 e. The number of para-hydroxylation sites is 1. The van der Waals surface area contributed by atoms with E-state index in [9.17, 15) is 0 Å². The molecule has 0 N–H and O–H groups in total. The molecule has 2 nitrogen and oxygen atoms in total. The van der Waals surface area contributed by atoms with Crippen LogP contribution in [0.1, 0.15) is 0 Å². The molecule has 0 aromatic heterocycles. The van der Waals surface area contributed by atoms with E-state index < -0.39 is 0 Å². The van der Waals surface area contributed by atoms with E-state index in [1.807, 2.05) is 0 Å². The Labute approximate surface area is 108 Å². The van der Waals surface area contributed by atoms with E-state index >= 15 is 0 Å². The van der Waals surface area contributed by atoms with E-state index in [2.05, 4.69) is 46.7 Å². The van der Waals surface area contributed by atoms with Gasteiger partial charge in [0, 0.05) is 44.3 Å². The molecule has 0 unspecified atom stereocenters. The van der Waals surface area contributed by atoms with Crippen LogP contribution in [0.5, 0.6) is 0 Å². The standard InChI is InChI=1S/C14H19ClN2/c1-13(11-15)12-16-7-9-17(10-8-16)14-5-3-2-4-6-14/h2-6H,1,7-12H2. The molecular weight excluding hydrogens is 232 g/mol. The lowest BCUT2D eigenvalue weighted by Gasteiger charge is -2.36. The Balaban J connectivity index is 1.84. The average molecular weight is 251 g/mol. The number of anilines is 1. The highest BCUT2D eigenvalue weighted by atomic mass is 35.5. The number of halogens is 1. The van der Waals surface area contributed by atoms with Gasteiger partial charge in [-0.25, -0.2) is 0 Å². The second kappa shape index (κ2) is 6.08. The molecule has 1 heterocycles. The topological polar surface area (TPSA) is 6.48 Å². The molecule has 0 spiro atoms. The predicted molar refractivity (Wildman–Crippen MR) is 75.0 cm³/mol. The van der Waals surface area contributed by atoms with Crippen molar-refractivity contribution in [3.05, 3.63) is 42.5 Å². The normalized spacial score (nSPS) is 17.1. The van der Waals surface area contributed by atoms with Crippen LogP contribution in [-0.2, 0) is 0 Å². The third-order valence-corrected chi connectivity index (χ3v) is 3.51. The lowest BCUT2D eigenvalue weighted by Crippen LogP contribution is -2.46. The summed E-state index contributed by atoms with van der Waals surface area (Å²) in [6, 6.07) is 10.6. The predicted octanol–water partition coefficient (Wildman–Crippen LogP) is 2.60. The molecule has 92 valence electrons. The summed E-state index contributed by atoms with van der Waals surface area (Å²) < 4.78 is 0.